The van der Waals surface area contributed by atoms with Crippen molar-refractivity contribution in [3.8, 4) is 5.75 Å². The second-order valence-corrected chi connectivity index (χ2v) is 12.3. The molecular formula is C29H47N3O2+2. The molecule has 5 nitrogen and oxygen atoms in total. The van der Waals surface area contributed by atoms with E-state index in [1.807, 2.05) is 0 Å². The lowest BCUT2D eigenvalue weighted by Crippen LogP contribution is -3.28. The Morgan fingerprint density at radius 3 is 1.74 bits per heavy atom. The van der Waals surface area contributed by atoms with E-state index in [1.165, 1.54) is 21.7 Å². The predicted octanol–water partition coefficient (Wildman–Crippen LogP) is 1.92. The van der Waals surface area contributed by atoms with Crippen LogP contribution in [0.3, 0.4) is 0 Å². The van der Waals surface area contributed by atoms with Gasteiger partial charge in [0.2, 0.25) is 0 Å². The van der Waals surface area contributed by atoms with Gasteiger partial charge in [-0.05, 0) is 35.1 Å². The van der Waals surface area contributed by atoms with Crippen LogP contribution < -0.4 is 14.7 Å². The Labute approximate surface area is 207 Å². The highest BCUT2D eigenvalue weighted by Crippen LogP contribution is 2.41. The van der Waals surface area contributed by atoms with Crippen LogP contribution >= 0.6 is 0 Å². The number of quaternary nitrogens is 2. The third kappa shape index (κ3) is 5.94. The number of hydrogen-bond acceptors (Lipinski definition) is 3. The highest BCUT2D eigenvalue weighted by atomic mass is 16.3. The molecule has 1 atom stereocenters. The number of hydrogen-bond donors (Lipinski definition) is 4. The fraction of sp³-hybridized carbons (Fsp3) is 0.586. The zero-order valence-corrected chi connectivity index (χ0v) is 22.6. The van der Waals surface area contributed by atoms with Gasteiger partial charge in [-0.1, -0.05) is 53.7 Å². The summed E-state index contributed by atoms with van der Waals surface area (Å²) >= 11 is 0. The molecule has 1 heterocycles. The number of nitrogens with zero attached hydrogens (tertiary/aromatic N) is 1. The van der Waals surface area contributed by atoms with Gasteiger partial charge in [0.1, 0.15) is 44.5 Å². The number of nitrogens with one attached hydrogen (secondary N) is 2. The molecule has 2 aromatic rings. The van der Waals surface area contributed by atoms with Crippen molar-refractivity contribution >= 4 is 5.69 Å². The summed E-state index contributed by atoms with van der Waals surface area (Å²) in [4.78, 5) is 5.19. The molecule has 0 spiro atoms. The lowest BCUT2D eigenvalue weighted by atomic mass is 9.77. The number of benzene rings is 2. The van der Waals surface area contributed by atoms with Crippen LogP contribution in [0.4, 0.5) is 5.69 Å². The van der Waals surface area contributed by atoms with E-state index in [-0.39, 0.29) is 23.5 Å². The molecule has 0 aromatic heterocycles. The Morgan fingerprint density at radius 1 is 0.824 bits per heavy atom. The lowest BCUT2D eigenvalue weighted by Gasteiger charge is -2.36. The fourth-order valence-electron chi connectivity index (χ4n) is 5.22. The first-order valence-electron chi connectivity index (χ1n) is 12.8. The molecule has 34 heavy (non-hydrogen) atoms. The third-order valence-corrected chi connectivity index (χ3v) is 7.30. The summed E-state index contributed by atoms with van der Waals surface area (Å²) in [6.45, 7) is 18.4. The van der Waals surface area contributed by atoms with Crippen LogP contribution in [0.2, 0.25) is 0 Å². The van der Waals surface area contributed by atoms with Crippen LogP contribution in [0.25, 0.3) is 0 Å². The SMILES string of the molecule is CN(C)c1ccc(C(c2cc(C(C)(C)C)c(O)c(C(C)(C)C)c2)[NH+]2CC[NH+](CCO)CC2)cc1. The van der Waals surface area contributed by atoms with E-state index in [9.17, 15) is 10.2 Å². The Hall–Kier alpha value is -2.08. The van der Waals surface area contributed by atoms with Gasteiger partial charge in [0.05, 0.1) is 6.61 Å². The van der Waals surface area contributed by atoms with Gasteiger partial charge in [0.15, 0.2) is 0 Å². The molecule has 0 bridgehead atoms. The Kier molecular flexibility index (Phi) is 8.01. The molecule has 0 saturated carbocycles. The number of rotatable bonds is 6. The summed E-state index contributed by atoms with van der Waals surface area (Å²) in [5.74, 6) is 0.442. The summed E-state index contributed by atoms with van der Waals surface area (Å²) in [6.07, 6.45) is 0. The predicted molar refractivity (Wildman–Crippen MR) is 141 cm³/mol. The number of aliphatic hydroxyl groups excluding tert-OH is 1. The first-order chi connectivity index (χ1) is 15.8. The molecule has 0 radical (unpaired) electrons. The molecule has 1 aliphatic heterocycles. The van der Waals surface area contributed by atoms with Gasteiger partial charge in [-0.2, -0.15) is 0 Å². The van der Waals surface area contributed by atoms with Crippen LogP contribution in [0, 0.1) is 0 Å². The summed E-state index contributed by atoms with van der Waals surface area (Å²) in [5, 5.41) is 20.7. The molecule has 1 aliphatic rings. The molecule has 1 saturated heterocycles. The molecule has 3 rings (SSSR count). The number of piperazine rings is 1. The fourth-order valence-corrected chi connectivity index (χ4v) is 5.22. The van der Waals surface area contributed by atoms with E-state index in [0.29, 0.717) is 5.75 Å². The van der Waals surface area contributed by atoms with Crippen molar-refractivity contribution in [2.75, 3.05) is 58.3 Å². The molecular weight excluding hydrogens is 422 g/mol. The van der Waals surface area contributed by atoms with E-state index < -0.39 is 0 Å². The van der Waals surface area contributed by atoms with Crippen molar-refractivity contribution in [1.82, 2.24) is 0 Å². The van der Waals surface area contributed by atoms with Crippen molar-refractivity contribution in [1.29, 1.82) is 0 Å². The maximum atomic E-state index is 11.3. The van der Waals surface area contributed by atoms with E-state index in [1.54, 1.807) is 4.90 Å². The van der Waals surface area contributed by atoms with Gasteiger partial charge in [-0.15, -0.1) is 0 Å². The summed E-state index contributed by atoms with van der Waals surface area (Å²) in [7, 11) is 4.15. The highest BCUT2D eigenvalue weighted by Gasteiger charge is 2.35. The minimum absolute atomic E-state index is 0.154. The molecule has 0 aliphatic carbocycles. The second kappa shape index (κ2) is 10.3. The average Bonchev–Trinajstić information content (AvgIpc) is 2.75. The summed E-state index contributed by atoms with van der Waals surface area (Å²) in [6, 6.07) is 13.7. The van der Waals surface area contributed by atoms with Gasteiger partial charge >= 0.3 is 0 Å². The normalized spacial score (nSPS) is 20.3. The molecule has 5 heteroatoms. The van der Waals surface area contributed by atoms with Crippen molar-refractivity contribution in [3.63, 3.8) is 0 Å². The Balaban J connectivity index is 2.14. The molecule has 0 amide bonds. The van der Waals surface area contributed by atoms with Crippen LogP contribution in [-0.4, -0.2) is 63.6 Å². The minimum atomic E-state index is -0.154. The molecule has 188 valence electrons. The van der Waals surface area contributed by atoms with Gasteiger partial charge in [0.25, 0.3) is 0 Å². The zero-order chi connectivity index (χ0) is 25.3. The second-order valence-electron chi connectivity index (χ2n) is 12.3. The largest absolute Gasteiger partial charge is 0.507 e. The van der Waals surface area contributed by atoms with Gasteiger partial charge in [-0.25, -0.2) is 0 Å². The van der Waals surface area contributed by atoms with Crippen LogP contribution in [0.15, 0.2) is 36.4 Å². The maximum absolute atomic E-state index is 11.3. The highest BCUT2D eigenvalue weighted by molar-refractivity contribution is 5.52. The molecule has 1 fully saturated rings. The first-order valence-corrected chi connectivity index (χ1v) is 12.8. The zero-order valence-electron chi connectivity index (χ0n) is 22.6. The topological polar surface area (TPSA) is 52.6 Å². The Morgan fingerprint density at radius 2 is 1.32 bits per heavy atom. The molecule has 4 N–H and O–H groups in total. The number of aromatic hydroxyl groups is 1. The van der Waals surface area contributed by atoms with Crippen molar-refractivity contribution in [2.45, 2.75) is 58.4 Å². The number of anilines is 1. The smallest absolute Gasteiger partial charge is 0.139 e. The summed E-state index contributed by atoms with van der Waals surface area (Å²) < 4.78 is 0. The van der Waals surface area contributed by atoms with Crippen LogP contribution in [0.5, 0.6) is 5.75 Å². The standard InChI is InChI=1S/C29H45N3O2/c1-28(2,3)24-19-22(20-25(27(24)34)29(4,5)6)26(21-9-11-23(12-10-21)30(7)8)32-15-13-31(14-16-32)17-18-33/h9-12,19-20,26,33-34H,13-18H2,1-8H3/p+2. The van der Waals surface area contributed by atoms with Gasteiger partial charge in [-0.3, -0.25) is 0 Å². The number of aliphatic hydroxyl groups is 1. The van der Waals surface area contributed by atoms with Gasteiger partial charge < -0.3 is 24.9 Å². The van der Waals surface area contributed by atoms with Crippen LogP contribution in [-0.2, 0) is 10.8 Å². The maximum Gasteiger partial charge on any atom is 0.139 e. The molecule has 2 aromatic carbocycles. The van der Waals surface area contributed by atoms with E-state index in [4.69, 9.17) is 0 Å². The number of phenolic OH excluding ortho intramolecular Hbond substituents is 1. The average molecular weight is 470 g/mol. The summed E-state index contributed by atoms with van der Waals surface area (Å²) in [5.41, 5.74) is 5.54. The number of phenols is 1. The lowest BCUT2D eigenvalue weighted by molar-refractivity contribution is -1.02. The van der Waals surface area contributed by atoms with Crippen molar-refractivity contribution in [2.24, 2.45) is 0 Å². The van der Waals surface area contributed by atoms with Gasteiger partial charge in [0, 0.05) is 42.0 Å². The third-order valence-electron chi connectivity index (χ3n) is 7.30. The van der Waals surface area contributed by atoms with Crippen molar-refractivity contribution in [3.05, 3.63) is 58.7 Å². The van der Waals surface area contributed by atoms with E-state index >= 15 is 0 Å². The van der Waals surface area contributed by atoms with Crippen LogP contribution in [0.1, 0.15) is 69.8 Å². The van der Waals surface area contributed by atoms with Crippen molar-refractivity contribution < 1.29 is 20.0 Å². The van der Waals surface area contributed by atoms with E-state index in [2.05, 4.69) is 96.9 Å². The minimum Gasteiger partial charge on any atom is -0.507 e. The van der Waals surface area contributed by atoms with E-state index in [0.717, 1.165) is 43.9 Å². The monoisotopic (exact) mass is 469 g/mol. The quantitative estimate of drug-likeness (QED) is 0.523. The first kappa shape index (κ1) is 26.5. The Bertz CT molecular complexity index is 912. The molecule has 1 unspecified atom stereocenters.